The number of aliphatic hydroxyl groups is 1. The molecule has 0 aromatic rings. The smallest absolute Gasteiger partial charge is 0.0575 e. The molecule has 0 rings (SSSR count). The van der Waals surface area contributed by atoms with Gasteiger partial charge in [-0.05, 0) is 13.5 Å². The van der Waals surface area contributed by atoms with Crippen molar-refractivity contribution in [3.8, 4) is 0 Å². The van der Waals surface area contributed by atoms with Gasteiger partial charge in [-0.25, -0.2) is 0 Å². The maximum absolute atomic E-state index is 9.00. The van der Waals surface area contributed by atoms with Gasteiger partial charge in [-0.2, -0.15) is 0 Å². The van der Waals surface area contributed by atoms with Crippen LogP contribution in [0.15, 0.2) is 0 Å². The van der Waals surface area contributed by atoms with E-state index in [1.165, 1.54) is 0 Å². The summed E-state index contributed by atoms with van der Waals surface area (Å²) < 4.78 is 0. The third-order valence-corrected chi connectivity index (χ3v) is 1.66. The van der Waals surface area contributed by atoms with Gasteiger partial charge in [0.15, 0.2) is 0 Å². The molecule has 0 fully saturated rings. The summed E-state index contributed by atoms with van der Waals surface area (Å²) in [5.74, 6) is 0. The van der Waals surface area contributed by atoms with Crippen molar-refractivity contribution < 1.29 is 5.11 Å². The molecule has 3 heteroatoms. The van der Waals surface area contributed by atoms with Crippen LogP contribution >= 0.6 is 12.4 Å². The Balaban J connectivity index is 0. The van der Waals surface area contributed by atoms with Crippen LogP contribution in [-0.4, -0.2) is 17.8 Å². The van der Waals surface area contributed by atoms with Gasteiger partial charge in [0.05, 0.1) is 6.10 Å². The summed E-state index contributed by atoms with van der Waals surface area (Å²) in [6, 6.07) is 0. The molecular formula is C6H16ClNO. The molecule has 0 aliphatic heterocycles. The Hall–Kier alpha value is 0.210. The van der Waals surface area contributed by atoms with E-state index in [1.807, 2.05) is 13.8 Å². The molecule has 0 aromatic heterocycles. The van der Waals surface area contributed by atoms with Crippen molar-refractivity contribution in [2.24, 2.45) is 11.1 Å². The molecule has 1 unspecified atom stereocenters. The van der Waals surface area contributed by atoms with Gasteiger partial charge in [0.1, 0.15) is 0 Å². The highest BCUT2D eigenvalue weighted by molar-refractivity contribution is 5.85. The molecule has 1 atom stereocenters. The Morgan fingerprint density at radius 2 is 1.89 bits per heavy atom. The Kier molecular flexibility index (Phi) is 5.43. The molecule has 58 valence electrons. The fraction of sp³-hybridized carbons (Fsp3) is 1.00. The number of rotatable bonds is 2. The zero-order valence-corrected chi connectivity index (χ0v) is 7.03. The van der Waals surface area contributed by atoms with Crippen LogP contribution in [0.4, 0.5) is 0 Å². The average molecular weight is 154 g/mol. The summed E-state index contributed by atoms with van der Waals surface area (Å²) in [4.78, 5) is 0. The summed E-state index contributed by atoms with van der Waals surface area (Å²) in [6.07, 6.45) is -0.313. The average Bonchev–Trinajstić information content (AvgIpc) is 1.67. The van der Waals surface area contributed by atoms with Crippen LogP contribution in [0.25, 0.3) is 0 Å². The van der Waals surface area contributed by atoms with Crippen LogP contribution in [0.3, 0.4) is 0 Å². The van der Waals surface area contributed by atoms with Gasteiger partial charge < -0.3 is 10.8 Å². The fourth-order valence-corrected chi connectivity index (χ4v) is 0.171. The Morgan fingerprint density at radius 3 is 1.89 bits per heavy atom. The lowest BCUT2D eigenvalue weighted by Gasteiger charge is -2.25. The number of hydrogen-bond donors (Lipinski definition) is 2. The lowest BCUT2D eigenvalue weighted by Crippen LogP contribution is -2.34. The first-order valence-corrected chi connectivity index (χ1v) is 2.89. The molecule has 9 heavy (non-hydrogen) atoms. The molecule has 0 spiro atoms. The Labute approximate surface area is 62.9 Å². The standard InChI is InChI=1S/C6H15NO.ClH/c1-5(8)6(2,3)4-7;/h5,8H,4,7H2,1-3H3;1H. The second-order valence-electron chi connectivity index (χ2n) is 2.87. The molecule has 3 N–H and O–H groups in total. The second kappa shape index (κ2) is 4.09. The zero-order chi connectivity index (χ0) is 6.78. The van der Waals surface area contributed by atoms with Crippen molar-refractivity contribution in [1.29, 1.82) is 0 Å². The first-order chi connectivity index (χ1) is 3.50. The highest BCUT2D eigenvalue weighted by Crippen LogP contribution is 2.17. The van der Waals surface area contributed by atoms with Crippen LogP contribution < -0.4 is 5.73 Å². The highest BCUT2D eigenvalue weighted by Gasteiger charge is 2.21. The fourth-order valence-electron chi connectivity index (χ4n) is 0.171. The largest absolute Gasteiger partial charge is 0.393 e. The molecule has 0 bridgehead atoms. The topological polar surface area (TPSA) is 46.2 Å². The molecule has 0 heterocycles. The molecule has 0 aliphatic rings. The lowest BCUT2D eigenvalue weighted by atomic mass is 9.88. The molecule has 0 radical (unpaired) electrons. The van der Waals surface area contributed by atoms with Crippen molar-refractivity contribution in [2.75, 3.05) is 6.54 Å². The van der Waals surface area contributed by atoms with Gasteiger partial charge in [-0.1, -0.05) is 13.8 Å². The quantitative estimate of drug-likeness (QED) is 0.616. The van der Waals surface area contributed by atoms with Gasteiger partial charge in [0, 0.05) is 5.41 Å². The minimum Gasteiger partial charge on any atom is -0.393 e. The molecule has 0 saturated heterocycles. The van der Waals surface area contributed by atoms with Gasteiger partial charge in [0.25, 0.3) is 0 Å². The zero-order valence-electron chi connectivity index (χ0n) is 6.22. The van der Waals surface area contributed by atoms with Gasteiger partial charge in [-0.3, -0.25) is 0 Å². The predicted molar refractivity (Wildman–Crippen MR) is 41.8 cm³/mol. The first kappa shape index (κ1) is 11.9. The van der Waals surface area contributed by atoms with Crippen LogP contribution in [0.5, 0.6) is 0 Å². The summed E-state index contributed by atoms with van der Waals surface area (Å²) >= 11 is 0. The minimum absolute atomic E-state index is 0. The number of halogens is 1. The number of aliphatic hydroxyl groups excluding tert-OH is 1. The molecule has 0 saturated carbocycles. The summed E-state index contributed by atoms with van der Waals surface area (Å²) in [5, 5.41) is 9.00. The monoisotopic (exact) mass is 153 g/mol. The van der Waals surface area contributed by atoms with E-state index in [4.69, 9.17) is 10.8 Å². The molecule has 2 nitrogen and oxygen atoms in total. The van der Waals surface area contributed by atoms with Crippen molar-refractivity contribution in [2.45, 2.75) is 26.9 Å². The van der Waals surface area contributed by atoms with Crippen molar-refractivity contribution in [3.05, 3.63) is 0 Å². The molecule has 0 aliphatic carbocycles. The van der Waals surface area contributed by atoms with E-state index in [2.05, 4.69) is 0 Å². The first-order valence-electron chi connectivity index (χ1n) is 2.89. The summed E-state index contributed by atoms with van der Waals surface area (Å²) in [6.45, 7) is 6.17. The van der Waals surface area contributed by atoms with Gasteiger partial charge >= 0.3 is 0 Å². The van der Waals surface area contributed by atoms with E-state index in [1.54, 1.807) is 6.92 Å². The van der Waals surface area contributed by atoms with E-state index >= 15 is 0 Å². The van der Waals surface area contributed by atoms with E-state index in [0.717, 1.165) is 0 Å². The molecule has 0 amide bonds. The van der Waals surface area contributed by atoms with Crippen molar-refractivity contribution in [1.82, 2.24) is 0 Å². The van der Waals surface area contributed by atoms with Crippen LogP contribution in [0, 0.1) is 5.41 Å². The molecular weight excluding hydrogens is 138 g/mol. The summed E-state index contributed by atoms with van der Waals surface area (Å²) in [7, 11) is 0. The minimum atomic E-state index is -0.313. The van der Waals surface area contributed by atoms with Crippen LogP contribution in [0.2, 0.25) is 0 Å². The molecule has 0 aromatic carbocycles. The van der Waals surface area contributed by atoms with E-state index < -0.39 is 0 Å². The van der Waals surface area contributed by atoms with E-state index in [0.29, 0.717) is 6.54 Å². The maximum atomic E-state index is 9.00. The summed E-state index contributed by atoms with van der Waals surface area (Å²) in [5.41, 5.74) is 5.22. The van der Waals surface area contributed by atoms with Crippen LogP contribution in [0.1, 0.15) is 20.8 Å². The lowest BCUT2D eigenvalue weighted by molar-refractivity contribution is 0.0727. The number of hydrogen-bond acceptors (Lipinski definition) is 2. The van der Waals surface area contributed by atoms with E-state index in [-0.39, 0.29) is 23.9 Å². The Bertz CT molecular complexity index is 73.5. The second-order valence-corrected chi connectivity index (χ2v) is 2.87. The third-order valence-electron chi connectivity index (χ3n) is 1.66. The van der Waals surface area contributed by atoms with E-state index in [9.17, 15) is 0 Å². The predicted octanol–water partition coefficient (Wildman–Crippen LogP) is 0.774. The van der Waals surface area contributed by atoms with Crippen molar-refractivity contribution >= 4 is 12.4 Å². The van der Waals surface area contributed by atoms with Gasteiger partial charge in [-0.15, -0.1) is 12.4 Å². The SMILES string of the molecule is CC(O)C(C)(C)CN.Cl. The third kappa shape index (κ3) is 3.73. The normalized spacial score (nSPS) is 14.3. The maximum Gasteiger partial charge on any atom is 0.0575 e. The van der Waals surface area contributed by atoms with Gasteiger partial charge in [0.2, 0.25) is 0 Å². The highest BCUT2D eigenvalue weighted by atomic mass is 35.5. The van der Waals surface area contributed by atoms with Crippen LogP contribution in [-0.2, 0) is 0 Å². The van der Waals surface area contributed by atoms with Crippen molar-refractivity contribution in [3.63, 3.8) is 0 Å². The number of nitrogens with two attached hydrogens (primary N) is 1. The Morgan fingerprint density at radius 1 is 1.56 bits per heavy atom.